The van der Waals surface area contributed by atoms with Gasteiger partial charge in [-0.25, -0.2) is 0 Å². The summed E-state index contributed by atoms with van der Waals surface area (Å²) < 4.78 is 0. The molecule has 1 aliphatic rings. The second-order valence-corrected chi connectivity index (χ2v) is 6.26. The summed E-state index contributed by atoms with van der Waals surface area (Å²) in [7, 11) is 0. The summed E-state index contributed by atoms with van der Waals surface area (Å²) >= 11 is 2.12. The van der Waals surface area contributed by atoms with Crippen LogP contribution in [0.1, 0.15) is 40.0 Å². The summed E-state index contributed by atoms with van der Waals surface area (Å²) in [6.07, 6.45) is 6.34. The number of hydrogen-bond acceptors (Lipinski definition) is 1. The monoisotopic (exact) mass is 212 g/mol. The third kappa shape index (κ3) is 3.34. The van der Waals surface area contributed by atoms with Crippen molar-refractivity contribution in [2.75, 3.05) is 5.75 Å². The smallest absolute Gasteiger partial charge is 0.0113 e. The Morgan fingerprint density at radius 3 is 2.71 bits per heavy atom. The van der Waals surface area contributed by atoms with Crippen molar-refractivity contribution in [3.8, 4) is 0 Å². The highest BCUT2D eigenvalue weighted by atomic mass is 32.2. The van der Waals surface area contributed by atoms with Gasteiger partial charge in [0.15, 0.2) is 0 Å². The van der Waals surface area contributed by atoms with Gasteiger partial charge in [-0.15, -0.1) is 6.58 Å². The van der Waals surface area contributed by atoms with Gasteiger partial charge in [0.2, 0.25) is 0 Å². The molecule has 14 heavy (non-hydrogen) atoms. The topological polar surface area (TPSA) is 0 Å². The Labute approximate surface area is 93.5 Å². The molecular formula is C13H24S. The molecular weight excluding hydrogens is 188 g/mol. The first-order chi connectivity index (χ1) is 6.65. The molecule has 1 fully saturated rings. The van der Waals surface area contributed by atoms with Crippen molar-refractivity contribution < 1.29 is 0 Å². The lowest BCUT2D eigenvalue weighted by Crippen LogP contribution is -2.29. The van der Waals surface area contributed by atoms with E-state index in [-0.39, 0.29) is 0 Å². The molecule has 0 amide bonds. The van der Waals surface area contributed by atoms with E-state index >= 15 is 0 Å². The average Bonchev–Trinajstić information content (AvgIpc) is 2.14. The van der Waals surface area contributed by atoms with Crippen LogP contribution in [0.4, 0.5) is 0 Å². The van der Waals surface area contributed by atoms with Gasteiger partial charge in [-0.2, -0.15) is 11.8 Å². The van der Waals surface area contributed by atoms with Crippen molar-refractivity contribution in [1.29, 1.82) is 0 Å². The molecule has 82 valence electrons. The van der Waals surface area contributed by atoms with Gasteiger partial charge in [0.05, 0.1) is 0 Å². The Morgan fingerprint density at radius 2 is 2.14 bits per heavy atom. The van der Waals surface area contributed by atoms with Crippen molar-refractivity contribution in [3.63, 3.8) is 0 Å². The summed E-state index contributed by atoms with van der Waals surface area (Å²) in [5, 5.41) is 0.886. The SMILES string of the molecule is C=CCS[C@H]1C[C@@H](C)CC[C@@H]1C(C)C. The maximum absolute atomic E-state index is 3.81. The minimum Gasteiger partial charge on any atom is -0.154 e. The van der Waals surface area contributed by atoms with E-state index in [9.17, 15) is 0 Å². The molecule has 1 aliphatic carbocycles. The zero-order valence-electron chi connectivity index (χ0n) is 9.83. The normalized spacial score (nSPS) is 33.3. The minimum atomic E-state index is 0.852. The van der Waals surface area contributed by atoms with Gasteiger partial charge in [-0.3, -0.25) is 0 Å². The van der Waals surface area contributed by atoms with Gasteiger partial charge in [0, 0.05) is 11.0 Å². The van der Waals surface area contributed by atoms with E-state index in [4.69, 9.17) is 0 Å². The fourth-order valence-corrected chi connectivity index (χ4v) is 4.04. The Balaban J connectivity index is 2.49. The maximum Gasteiger partial charge on any atom is 0.0113 e. The standard InChI is InChI=1S/C13H24S/c1-5-8-14-13-9-11(4)6-7-12(13)10(2)3/h5,10-13H,1,6-9H2,2-4H3/t11-,12+,13-/m0/s1. The van der Waals surface area contributed by atoms with Crippen LogP contribution in [0.5, 0.6) is 0 Å². The van der Waals surface area contributed by atoms with Crippen LogP contribution in [-0.2, 0) is 0 Å². The van der Waals surface area contributed by atoms with Crippen LogP contribution in [0.2, 0.25) is 0 Å². The molecule has 0 heterocycles. The lowest BCUT2D eigenvalue weighted by Gasteiger charge is -2.36. The third-order valence-corrected chi connectivity index (χ3v) is 4.79. The van der Waals surface area contributed by atoms with Crippen molar-refractivity contribution in [2.24, 2.45) is 17.8 Å². The van der Waals surface area contributed by atoms with Gasteiger partial charge < -0.3 is 0 Å². The van der Waals surface area contributed by atoms with Gasteiger partial charge in [-0.05, 0) is 30.6 Å². The highest BCUT2D eigenvalue weighted by molar-refractivity contribution is 8.00. The second-order valence-electron chi connectivity index (χ2n) is 4.99. The van der Waals surface area contributed by atoms with Crippen LogP contribution in [0, 0.1) is 17.8 Å². The zero-order chi connectivity index (χ0) is 10.6. The van der Waals surface area contributed by atoms with Crippen LogP contribution in [-0.4, -0.2) is 11.0 Å². The summed E-state index contributed by atoms with van der Waals surface area (Å²) in [4.78, 5) is 0. The highest BCUT2D eigenvalue weighted by Gasteiger charge is 2.30. The molecule has 0 saturated heterocycles. The molecule has 1 rings (SSSR count). The number of rotatable bonds is 4. The van der Waals surface area contributed by atoms with Crippen LogP contribution >= 0.6 is 11.8 Å². The van der Waals surface area contributed by atoms with E-state index in [1.54, 1.807) is 0 Å². The summed E-state index contributed by atoms with van der Waals surface area (Å²) in [6.45, 7) is 11.0. The minimum absolute atomic E-state index is 0.852. The molecule has 0 aliphatic heterocycles. The maximum atomic E-state index is 3.81. The third-order valence-electron chi connectivity index (χ3n) is 3.39. The van der Waals surface area contributed by atoms with Crippen molar-refractivity contribution in [3.05, 3.63) is 12.7 Å². The van der Waals surface area contributed by atoms with E-state index in [0.717, 1.165) is 28.8 Å². The fraction of sp³-hybridized carbons (Fsp3) is 0.846. The molecule has 0 unspecified atom stereocenters. The highest BCUT2D eigenvalue weighted by Crippen LogP contribution is 2.39. The summed E-state index contributed by atoms with van der Waals surface area (Å²) in [6, 6.07) is 0. The van der Waals surface area contributed by atoms with Crippen molar-refractivity contribution >= 4 is 11.8 Å². The molecule has 1 heteroatoms. The van der Waals surface area contributed by atoms with Crippen LogP contribution in [0.3, 0.4) is 0 Å². The molecule has 0 N–H and O–H groups in total. The largest absolute Gasteiger partial charge is 0.154 e. The van der Waals surface area contributed by atoms with Crippen molar-refractivity contribution in [1.82, 2.24) is 0 Å². The molecule has 0 radical (unpaired) electrons. The van der Waals surface area contributed by atoms with Crippen molar-refractivity contribution in [2.45, 2.75) is 45.3 Å². The lowest BCUT2D eigenvalue weighted by molar-refractivity contribution is 0.244. The molecule has 3 atom stereocenters. The Hall–Kier alpha value is 0.0900. The molecule has 0 nitrogen and oxygen atoms in total. The first-order valence-corrected chi connectivity index (χ1v) is 6.92. The summed E-state index contributed by atoms with van der Waals surface area (Å²) in [5.74, 6) is 3.86. The zero-order valence-corrected chi connectivity index (χ0v) is 10.6. The molecule has 0 aromatic rings. The second kappa shape index (κ2) is 5.85. The summed E-state index contributed by atoms with van der Waals surface area (Å²) in [5.41, 5.74) is 0. The van der Waals surface area contributed by atoms with Crippen LogP contribution in [0.25, 0.3) is 0 Å². The van der Waals surface area contributed by atoms with E-state index in [0.29, 0.717) is 0 Å². The molecule has 0 aromatic carbocycles. The first-order valence-electron chi connectivity index (χ1n) is 5.87. The quantitative estimate of drug-likeness (QED) is 0.624. The fourth-order valence-electron chi connectivity index (χ4n) is 2.50. The van der Waals surface area contributed by atoms with Gasteiger partial charge in [-0.1, -0.05) is 33.3 Å². The molecule has 1 saturated carbocycles. The number of hydrogen-bond donors (Lipinski definition) is 0. The van der Waals surface area contributed by atoms with E-state index in [1.165, 1.54) is 19.3 Å². The first kappa shape index (κ1) is 12.2. The predicted octanol–water partition coefficient (Wildman–Crippen LogP) is 4.37. The van der Waals surface area contributed by atoms with E-state index < -0.39 is 0 Å². The van der Waals surface area contributed by atoms with Gasteiger partial charge in [0.1, 0.15) is 0 Å². The van der Waals surface area contributed by atoms with Crippen LogP contribution in [0.15, 0.2) is 12.7 Å². The van der Waals surface area contributed by atoms with Gasteiger partial charge >= 0.3 is 0 Å². The van der Waals surface area contributed by atoms with E-state index in [2.05, 4.69) is 39.1 Å². The predicted molar refractivity (Wildman–Crippen MR) is 67.8 cm³/mol. The molecule has 0 aromatic heterocycles. The average molecular weight is 212 g/mol. The lowest BCUT2D eigenvalue weighted by atomic mass is 9.77. The Morgan fingerprint density at radius 1 is 1.43 bits per heavy atom. The Kier molecular flexibility index (Phi) is 5.08. The molecule has 0 spiro atoms. The molecule has 0 bridgehead atoms. The van der Waals surface area contributed by atoms with E-state index in [1.807, 2.05) is 6.08 Å². The Bertz CT molecular complexity index is 174. The van der Waals surface area contributed by atoms with Gasteiger partial charge in [0.25, 0.3) is 0 Å². The van der Waals surface area contributed by atoms with Crippen LogP contribution < -0.4 is 0 Å². The number of thioether (sulfide) groups is 1.